The molecule has 0 saturated heterocycles. The smallest absolute Gasteiger partial charge is 0.332 e. The lowest BCUT2D eigenvalue weighted by Crippen LogP contribution is -2.36. The third-order valence-corrected chi connectivity index (χ3v) is 4.00. The molecule has 0 heterocycles. The van der Waals surface area contributed by atoms with E-state index in [0.29, 0.717) is 23.5 Å². The summed E-state index contributed by atoms with van der Waals surface area (Å²) in [5.74, 6) is 1.21. The van der Waals surface area contributed by atoms with Gasteiger partial charge in [0.25, 0.3) is 0 Å². The van der Waals surface area contributed by atoms with Crippen LogP contribution in [0.4, 0.5) is 4.79 Å². The molecule has 1 saturated carbocycles. The molecule has 1 aliphatic rings. The molecule has 1 fully saturated rings. The minimum absolute atomic E-state index is 0.0156. The molecule has 2 amide bonds. The van der Waals surface area contributed by atoms with E-state index < -0.39 is 6.03 Å². The molecule has 6 heteroatoms. The van der Waals surface area contributed by atoms with Crippen LogP contribution in [0.15, 0.2) is 5.10 Å². The largest absolute Gasteiger partial charge is 0.462 e. The van der Waals surface area contributed by atoms with Crippen LogP contribution in [0.1, 0.15) is 53.4 Å². The number of urea groups is 1. The maximum Gasteiger partial charge on any atom is 0.332 e. The second-order valence-electron chi connectivity index (χ2n) is 6.35. The Balaban J connectivity index is 2.54. The average Bonchev–Trinajstić information content (AvgIpc) is 2.35. The van der Waals surface area contributed by atoms with Crippen molar-refractivity contribution in [3.05, 3.63) is 0 Å². The number of hydrazone groups is 1. The summed E-state index contributed by atoms with van der Waals surface area (Å²) >= 11 is 0. The van der Waals surface area contributed by atoms with E-state index in [9.17, 15) is 9.59 Å². The van der Waals surface area contributed by atoms with Crippen LogP contribution in [0.2, 0.25) is 0 Å². The Morgan fingerprint density at radius 1 is 1.38 bits per heavy atom. The third-order valence-electron chi connectivity index (χ3n) is 4.00. The number of primary amides is 1. The fourth-order valence-corrected chi connectivity index (χ4v) is 2.86. The number of carbonyl (C=O) groups is 2. The van der Waals surface area contributed by atoms with Crippen LogP contribution < -0.4 is 11.2 Å². The van der Waals surface area contributed by atoms with Crippen molar-refractivity contribution in [3.63, 3.8) is 0 Å². The zero-order valence-corrected chi connectivity index (χ0v) is 13.4. The Bertz CT molecular complexity index is 407. The molecular formula is C15H27N3O3. The van der Waals surface area contributed by atoms with Crippen molar-refractivity contribution in [1.82, 2.24) is 5.43 Å². The van der Waals surface area contributed by atoms with Gasteiger partial charge in [-0.05, 0) is 37.5 Å². The van der Waals surface area contributed by atoms with Gasteiger partial charge in [-0.15, -0.1) is 0 Å². The van der Waals surface area contributed by atoms with Crippen LogP contribution in [-0.2, 0) is 9.53 Å². The molecule has 0 unspecified atom stereocenters. The molecule has 3 atom stereocenters. The molecule has 0 aromatic heterocycles. The monoisotopic (exact) mass is 297 g/mol. The summed E-state index contributed by atoms with van der Waals surface area (Å²) in [6.07, 6.45) is 3.27. The third kappa shape index (κ3) is 6.14. The van der Waals surface area contributed by atoms with Crippen LogP contribution >= 0.6 is 0 Å². The summed E-state index contributed by atoms with van der Waals surface area (Å²) in [5, 5.41) is 3.72. The van der Waals surface area contributed by atoms with E-state index in [2.05, 4.69) is 31.3 Å². The van der Waals surface area contributed by atoms with E-state index in [-0.39, 0.29) is 18.5 Å². The molecule has 1 rings (SSSR count). The van der Waals surface area contributed by atoms with Crippen molar-refractivity contribution in [2.24, 2.45) is 28.6 Å². The average molecular weight is 297 g/mol. The summed E-state index contributed by atoms with van der Waals surface area (Å²) in [6.45, 7) is 8.19. The van der Waals surface area contributed by atoms with E-state index >= 15 is 0 Å². The van der Waals surface area contributed by atoms with Gasteiger partial charge in [-0.1, -0.05) is 27.2 Å². The van der Waals surface area contributed by atoms with Gasteiger partial charge in [-0.2, -0.15) is 5.10 Å². The van der Waals surface area contributed by atoms with E-state index in [1.807, 2.05) is 0 Å². The quantitative estimate of drug-likeness (QED) is 0.463. The maximum atomic E-state index is 12.0. The van der Waals surface area contributed by atoms with Crippen molar-refractivity contribution >= 4 is 17.7 Å². The molecular weight excluding hydrogens is 270 g/mol. The Morgan fingerprint density at radius 3 is 2.62 bits per heavy atom. The number of nitrogens with two attached hydrogens (primary N) is 1. The van der Waals surface area contributed by atoms with E-state index in [0.717, 1.165) is 12.8 Å². The molecule has 6 nitrogen and oxygen atoms in total. The van der Waals surface area contributed by atoms with E-state index in [4.69, 9.17) is 10.5 Å². The topological polar surface area (TPSA) is 93.8 Å². The SMILES string of the molecule is C/C(CC(=O)O[C@@H]1C[C@H](C)CC[C@@H]1C(C)C)=N/NC(N)=O. The number of rotatable bonds is 5. The Hall–Kier alpha value is -1.59. The van der Waals surface area contributed by atoms with Crippen LogP contribution in [0.25, 0.3) is 0 Å². The highest BCUT2D eigenvalue weighted by molar-refractivity contribution is 5.97. The van der Waals surface area contributed by atoms with Gasteiger partial charge in [-0.25, -0.2) is 10.2 Å². The number of ether oxygens (including phenoxy) is 1. The zero-order chi connectivity index (χ0) is 16.0. The Labute approximate surface area is 126 Å². The molecule has 0 bridgehead atoms. The normalized spacial score (nSPS) is 26.5. The molecule has 0 radical (unpaired) electrons. The predicted octanol–water partition coefficient (Wildman–Crippen LogP) is 2.42. The molecule has 0 spiro atoms. The van der Waals surface area contributed by atoms with Crippen LogP contribution in [0, 0.1) is 17.8 Å². The van der Waals surface area contributed by atoms with Gasteiger partial charge in [0.05, 0.1) is 6.42 Å². The van der Waals surface area contributed by atoms with Crippen molar-refractivity contribution in [2.75, 3.05) is 0 Å². The molecule has 120 valence electrons. The highest BCUT2D eigenvalue weighted by atomic mass is 16.5. The highest BCUT2D eigenvalue weighted by Gasteiger charge is 2.33. The van der Waals surface area contributed by atoms with E-state index in [1.54, 1.807) is 6.92 Å². The lowest BCUT2D eigenvalue weighted by atomic mass is 9.75. The maximum absolute atomic E-state index is 12.0. The molecule has 1 aliphatic carbocycles. The number of nitrogens with one attached hydrogen (secondary N) is 1. The van der Waals surface area contributed by atoms with Crippen LogP contribution in [0.3, 0.4) is 0 Å². The molecule has 0 aliphatic heterocycles. The van der Waals surface area contributed by atoms with Gasteiger partial charge in [-0.3, -0.25) is 4.79 Å². The standard InChI is InChI=1S/C15H27N3O3/c1-9(2)12-6-5-10(3)7-13(12)21-14(19)8-11(4)17-18-15(16)20/h9-10,12-13H,5-8H2,1-4H3,(H3,16,18,20)/b17-11-/t10-,12-,13-/m1/s1. The first-order valence-corrected chi connectivity index (χ1v) is 7.57. The summed E-state index contributed by atoms with van der Waals surface area (Å²) in [7, 11) is 0. The molecule has 3 N–H and O–H groups in total. The highest BCUT2D eigenvalue weighted by Crippen LogP contribution is 2.35. The number of carbonyl (C=O) groups excluding carboxylic acids is 2. The van der Waals surface area contributed by atoms with Gasteiger partial charge >= 0.3 is 12.0 Å². The lowest BCUT2D eigenvalue weighted by Gasteiger charge is -2.36. The molecule has 0 aromatic carbocycles. The van der Waals surface area contributed by atoms with Crippen molar-refractivity contribution < 1.29 is 14.3 Å². The summed E-state index contributed by atoms with van der Waals surface area (Å²) in [5.41, 5.74) is 7.50. The van der Waals surface area contributed by atoms with Crippen LogP contribution in [-0.4, -0.2) is 23.8 Å². The zero-order valence-electron chi connectivity index (χ0n) is 13.4. The fraction of sp³-hybridized carbons (Fsp3) is 0.800. The number of amides is 2. The molecule has 0 aromatic rings. The lowest BCUT2D eigenvalue weighted by molar-refractivity contribution is -0.154. The number of hydrogen-bond donors (Lipinski definition) is 2. The Morgan fingerprint density at radius 2 is 2.05 bits per heavy atom. The minimum atomic E-state index is -0.747. The van der Waals surface area contributed by atoms with Crippen molar-refractivity contribution in [2.45, 2.75) is 59.5 Å². The van der Waals surface area contributed by atoms with Crippen molar-refractivity contribution in [1.29, 1.82) is 0 Å². The van der Waals surface area contributed by atoms with Gasteiger partial charge < -0.3 is 10.5 Å². The van der Waals surface area contributed by atoms with Gasteiger partial charge in [0.1, 0.15) is 6.10 Å². The first kappa shape index (κ1) is 17.5. The second-order valence-corrected chi connectivity index (χ2v) is 6.35. The first-order chi connectivity index (χ1) is 9.79. The predicted molar refractivity (Wildman–Crippen MR) is 81.7 cm³/mol. The molecule has 21 heavy (non-hydrogen) atoms. The second kappa shape index (κ2) is 8.00. The first-order valence-electron chi connectivity index (χ1n) is 7.57. The van der Waals surface area contributed by atoms with Gasteiger partial charge in [0, 0.05) is 5.71 Å². The van der Waals surface area contributed by atoms with Gasteiger partial charge in [0.15, 0.2) is 0 Å². The van der Waals surface area contributed by atoms with E-state index in [1.165, 1.54) is 6.42 Å². The van der Waals surface area contributed by atoms with Crippen molar-refractivity contribution in [3.8, 4) is 0 Å². The fourth-order valence-electron chi connectivity index (χ4n) is 2.86. The minimum Gasteiger partial charge on any atom is -0.462 e. The van der Waals surface area contributed by atoms with Gasteiger partial charge in [0.2, 0.25) is 0 Å². The number of hydrogen-bond acceptors (Lipinski definition) is 4. The summed E-state index contributed by atoms with van der Waals surface area (Å²) in [6, 6.07) is -0.747. The summed E-state index contributed by atoms with van der Waals surface area (Å²) in [4.78, 5) is 22.5. The van der Waals surface area contributed by atoms with Crippen LogP contribution in [0.5, 0.6) is 0 Å². The number of nitrogens with zero attached hydrogens (tertiary/aromatic N) is 1. The summed E-state index contributed by atoms with van der Waals surface area (Å²) < 4.78 is 5.65. The number of esters is 1. The Kier molecular flexibility index (Phi) is 6.65.